The van der Waals surface area contributed by atoms with Gasteiger partial charge in [0.2, 0.25) is 5.71 Å². The normalized spacial score (nSPS) is 10.7. The molecule has 0 aliphatic rings. The van der Waals surface area contributed by atoms with E-state index in [0.717, 1.165) is 10.5 Å². The van der Waals surface area contributed by atoms with Crippen LogP contribution in [0.5, 0.6) is 11.5 Å². The SMILES string of the molecule is N#C/C(=N\Nc1ccc(Oc2cccc(Br)c2)c(F)c1)C(=N)N. The number of halogens is 2. The average Bonchev–Trinajstić information content (AvgIpc) is 2.50. The van der Waals surface area contributed by atoms with E-state index in [1.54, 1.807) is 24.3 Å². The molecule has 0 saturated carbocycles. The number of ether oxygens (including phenoxy) is 1. The second-order valence-corrected chi connectivity index (χ2v) is 5.22. The van der Waals surface area contributed by atoms with E-state index in [4.69, 9.17) is 21.1 Å². The molecule has 0 aliphatic carbocycles. The van der Waals surface area contributed by atoms with Crippen molar-refractivity contribution in [2.75, 3.05) is 5.43 Å². The summed E-state index contributed by atoms with van der Waals surface area (Å²) in [7, 11) is 0. The maximum absolute atomic E-state index is 14.0. The summed E-state index contributed by atoms with van der Waals surface area (Å²) in [6, 6.07) is 12.8. The summed E-state index contributed by atoms with van der Waals surface area (Å²) in [5.74, 6) is -0.549. The highest BCUT2D eigenvalue weighted by Gasteiger charge is 2.07. The van der Waals surface area contributed by atoms with E-state index in [2.05, 4.69) is 26.5 Å². The van der Waals surface area contributed by atoms with Crippen molar-refractivity contribution in [3.05, 3.63) is 52.8 Å². The first-order valence-electron chi connectivity index (χ1n) is 6.31. The molecule has 4 N–H and O–H groups in total. The molecular weight excluding hydrogens is 365 g/mol. The van der Waals surface area contributed by atoms with Crippen LogP contribution in [-0.2, 0) is 0 Å². The van der Waals surface area contributed by atoms with Gasteiger partial charge in [0, 0.05) is 10.5 Å². The monoisotopic (exact) mass is 375 g/mol. The van der Waals surface area contributed by atoms with Crippen molar-refractivity contribution in [1.29, 1.82) is 10.7 Å². The third-order valence-corrected chi connectivity index (χ3v) is 3.11. The fraction of sp³-hybridized carbons (Fsp3) is 0. The maximum atomic E-state index is 14.0. The highest BCUT2D eigenvalue weighted by Crippen LogP contribution is 2.28. The summed E-state index contributed by atoms with van der Waals surface area (Å²) in [5, 5.41) is 19.5. The third kappa shape index (κ3) is 4.52. The van der Waals surface area contributed by atoms with Crippen LogP contribution in [0.25, 0.3) is 0 Å². The van der Waals surface area contributed by atoms with Crippen molar-refractivity contribution in [1.82, 2.24) is 0 Å². The Hall–Kier alpha value is -2.92. The molecule has 2 rings (SSSR count). The average molecular weight is 376 g/mol. The summed E-state index contributed by atoms with van der Waals surface area (Å²) >= 11 is 3.31. The van der Waals surface area contributed by atoms with Crippen LogP contribution in [0.4, 0.5) is 10.1 Å². The van der Waals surface area contributed by atoms with E-state index in [9.17, 15) is 4.39 Å². The Morgan fingerprint density at radius 2 is 2.13 bits per heavy atom. The molecule has 0 amide bonds. The van der Waals surface area contributed by atoms with Crippen LogP contribution in [0, 0.1) is 22.6 Å². The molecule has 0 aliphatic heterocycles. The summed E-state index contributed by atoms with van der Waals surface area (Å²) < 4.78 is 20.3. The first-order chi connectivity index (χ1) is 11.0. The number of hydrazone groups is 1. The van der Waals surface area contributed by atoms with E-state index in [-0.39, 0.29) is 17.1 Å². The highest BCUT2D eigenvalue weighted by molar-refractivity contribution is 9.10. The molecule has 116 valence electrons. The van der Waals surface area contributed by atoms with Gasteiger partial charge in [-0.15, -0.1) is 0 Å². The molecule has 0 heterocycles. The molecule has 0 spiro atoms. The summed E-state index contributed by atoms with van der Waals surface area (Å²) in [6.45, 7) is 0. The van der Waals surface area contributed by atoms with E-state index in [0.29, 0.717) is 5.75 Å². The number of nitrogens with one attached hydrogen (secondary N) is 2. The van der Waals surface area contributed by atoms with Gasteiger partial charge in [-0.2, -0.15) is 10.4 Å². The second kappa shape index (κ2) is 7.38. The Morgan fingerprint density at radius 1 is 1.35 bits per heavy atom. The van der Waals surface area contributed by atoms with Crippen LogP contribution in [0.3, 0.4) is 0 Å². The first-order valence-corrected chi connectivity index (χ1v) is 7.10. The van der Waals surface area contributed by atoms with Crippen LogP contribution in [-0.4, -0.2) is 11.5 Å². The first kappa shape index (κ1) is 16.5. The smallest absolute Gasteiger partial charge is 0.201 e. The van der Waals surface area contributed by atoms with E-state index in [1.165, 1.54) is 12.1 Å². The molecular formula is C15H11BrFN5O. The molecule has 6 nitrogen and oxygen atoms in total. The fourth-order valence-electron chi connectivity index (χ4n) is 1.58. The van der Waals surface area contributed by atoms with Crippen LogP contribution in [0.2, 0.25) is 0 Å². The van der Waals surface area contributed by atoms with Gasteiger partial charge in [0.25, 0.3) is 0 Å². The van der Waals surface area contributed by atoms with Crippen molar-refractivity contribution < 1.29 is 9.13 Å². The lowest BCUT2D eigenvalue weighted by atomic mass is 10.3. The quantitative estimate of drug-likeness (QED) is 0.421. The minimum absolute atomic E-state index is 0.0460. The second-order valence-electron chi connectivity index (χ2n) is 4.30. The number of anilines is 1. The molecule has 0 aromatic heterocycles. The molecule has 0 bridgehead atoms. The molecule has 2 aromatic carbocycles. The van der Waals surface area contributed by atoms with Gasteiger partial charge in [0.05, 0.1) is 5.69 Å². The van der Waals surface area contributed by atoms with Gasteiger partial charge in [0.15, 0.2) is 17.4 Å². The number of amidine groups is 1. The Morgan fingerprint density at radius 3 is 2.74 bits per heavy atom. The van der Waals surface area contributed by atoms with Gasteiger partial charge in [-0.05, 0) is 30.3 Å². The number of hydrogen-bond acceptors (Lipinski definition) is 5. The zero-order valence-electron chi connectivity index (χ0n) is 11.7. The molecule has 8 heteroatoms. The summed E-state index contributed by atoms with van der Waals surface area (Å²) in [5.41, 5.74) is 7.61. The Labute approximate surface area is 140 Å². The Balaban J connectivity index is 2.15. The van der Waals surface area contributed by atoms with E-state index >= 15 is 0 Å². The summed E-state index contributed by atoms with van der Waals surface area (Å²) in [4.78, 5) is 0. The molecule has 0 atom stereocenters. The zero-order chi connectivity index (χ0) is 16.8. The fourth-order valence-corrected chi connectivity index (χ4v) is 1.95. The van der Waals surface area contributed by atoms with Crippen molar-refractivity contribution in [3.63, 3.8) is 0 Å². The summed E-state index contributed by atoms with van der Waals surface area (Å²) in [6.07, 6.45) is 0. The minimum Gasteiger partial charge on any atom is -0.454 e. The number of rotatable bonds is 5. The number of nitrogens with zero attached hydrogens (tertiary/aromatic N) is 2. The lowest BCUT2D eigenvalue weighted by molar-refractivity contribution is 0.442. The standard InChI is InChI=1S/C15H11BrFN5O/c16-9-2-1-3-11(6-9)23-14-5-4-10(7-12(14)17)21-22-13(8-18)15(19)20/h1-7,21H,(H3,19,20)/b22-13+. The predicted octanol–water partition coefficient (Wildman–Crippen LogP) is 3.61. The molecule has 0 unspecified atom stereocenters. The Kier molecular flexibility index (Phi) is 5.28. The van der Waals surface area contributed by atoms with E-state index < -0.39 is 11.7 Å². The van der Waals surface area contributed by atoms with Crippen molar-refractivity contribution >= 4 is 33.2 Å². The largest absolute Gasteiger partial charge is 0.454 e. The van der Waals surface area contributed by atoms with E-state index in [1.807, 2.05) is 6.07 Å². The lowest BCUT2D eigenvalue weighted by Gasteiger charge is -2.08. The molecule has 2 aromatic rings. The van der Waals surface area contributed by atoms with Gasteiger partial charge < -0.3 is 10.5 Å². The third-order valence-electron chi connectivity index (χ3n) is 2.61. The highest BCUT2D eigenvalue weighted by atomic mass is 79.9. The number of nitrogens with two attached hydrogens (primary N) is 1. The van der Waals surface area contributed by atoms with Crippen molar-refractivity contribution in [3.8, 4) is 17.6 Å². The predicted molar refractivity (Wildman–Crippen MR) is 89.2 cm³/mol. The van der Waals surface area contributed by atoms with Crippen LogP contribution >= 0.6 is 15.9 Å². The molecule has 0 fully saturated rings. The minimum atomic E-state index is -0.605. The van der Waals surface area contributed by atoms with Gasteiger partial charge in [-0.3, -0.25) is 10.8 Å². The van der Waals surface area contributed by atoms with Gasteiger partial charge in [-0.25, -0.2) is 4.39 Å². The molecule has 0 saturated heterocycles. The molecule has 23 heavy (non-hydrogen) atoms. The van der Waals surface area contributed by atoms with Crippen LogP contribution in [0.1, 0.15) is 0 Å². The van der Waals surface area contributed by atoms with Gasteiger partial charge in [-0.1, -0.05) is 22.0 Å². The zero-order valence-corrected chi connectivity index (χ0v) is 13.3. The van der Waals surface area contributed by atoms with Crippen LogP contribution < -0.4 is 15.9 Å². The topological polar surface area (TPSA) is 107 Å². The number of benzene rings is 2. The van der Waals surface area contributed by atoms with Gasteiger partial charge in [0.1, 0.15) is 11.8 Å². The Bertz CT molecular complexity index is 816. The van der Waals surface area contributed by atoms with Crippen LogP contribution in [0.15, 0.2) is 52.0 Å². The number of hydrogen-bond donors (Lipinski definition) is 3. The maximum Gasteiger partial charge on any atom is 0.201 e. The van der Waals surface area contributed by atoms with Crippen molar-refractivity contribution in [2.24, 2.45) is 10.8 Å². The van der Waals surface area contributed by atoms with Gasteiger partial charge >= 0.3 is 0 Å². The molecule has 0 radical (unpaired) electrons. The van der Waals surface area contributed by atoms with Crippen molar-refractivity contribution in [2.45, 2.75) is 0 Å². The number of nitriles is 1. The lowest BCUT2D eigenvalue weighted by Crippen LogP contribution is -2.21.